The number of urea groups is 1. The summed E-state index contributed by atoms with van der Waals surface area (Å²) in [6, 6.07) is 4.23. The first-order valence-electron chi connectivity index (χ1n) is 7.28. The van der Waals surface area contributed by atoms with Crippen molar-refractivity contribution in [2.75, 3.05) is 25.8 Å². The molecule has 0 bridgehead atoms. The lowest BCUT2D eigenvalue weighted by Gasteiger charge is -2.11. The molecule has 12 heteroatoms. The second-order valence-electron chi connectivity index (χ2n) is 4.82. The van der Waals surface area contributed by atoms with E-state index in [2.05, 4.69) is 20.0 Å². The van der Waals surface area contributed by atoms with Crippen molar-refractivity contribution in [1.29, 1.82) is 0 Å². The number of carbonyl (C=O) groups excluding carboxylic acids is 2. The number of anilines is 1. The number of amides is 2. The zero-order valence-corrected chi connectivity index (χ0v) is 16.2. The van der Waals surface area contributed by atoms with Gasteiger partial charge in [-0.1, -0.05) is 12.1 Å². The number of esters is 1. The Balaban J connectivity index is 2.22. The van der Waals surface area contributed by atoms with E-state index in [9.17, 15) is 18.0 Å². The summed E-state index contributed by atoms with van der Waals surface area (Å²) in [7, 11) is -1.82. The summed E-state index contributed by atoms with van der Waals surface area (Å²) in [5.74, 6) is -0.776. The van der Waals surface area contributed by atoms with Gasteiger partial charge in [0.05, 0.1) is 24.7 Å². The quantitative estimate of drug-likeness (QED) is 0.534. The van der Waals surface area contributed by atoms with E-state index in [0.29, 0.717) is 4.90 Å². The van der Waals surface area contributed by atoms with Gasteiger partial charge in [0.15, 0.2) is 0 Å². The third kappa shape index (κ3) is 4.86. The largest absolute Gasteiger partial charge is 0.480 e. The molecular weight excluding hydrogens is 396 g/mol. The molecule has 0 spiro atoms. The van der Waals surface area contributed by atoms with Crippen LogP contribution in [-0.4, -0.2) is 50.9 Å². The minimum atomic E-state index is -4.35. The molecule has 0 aliphatic carbocycles. The summed E-state index contributed by atoms with van der Waals surface area (Å²) >= 11 is 1.34. The molecule has 0 aliphatic rings. The first-order valence-corrected chi connectivity index (χ1v) is 9.99. The minimum Gasteiger partial charge on any atom is -0.480 e. The molecule has 0 unspecified atom stereocenters. The van der Waals surface area contributed by atoms with E-state index < -0.39 is 26.9 Å². The number of hydrogen-bond donors (Lipinski definition) is 2. The maximum absolute atomic E-state index is 12.4. The van der Waals surface area contributed by atoms with E-state index in [1.807, 2.05) is 0 Å². The average molecular weight is 412 g/mol. The fourth-order valence-corrected chi connectivity index (χ4v) is 3.55. The highest BCUT2D eigenvalue weighted by atomic mass is 32.2. The number of ether oxygens (including phenoxy) is 2. The molecule has 0 saturated heterocycles. The van der Waals surface area contributed by atoms with Crippen LogP contribution in [0, 0.1) is 0 Å². The highest BCUT2D eigenvalue weighted by molar-refractivity contribution is 7.98. The van der Waals surface area contributed by atoms with E-state index in [1.165, 1.54) is 49.3 Å². The van der Waals surface area contributed by atoms with Gasteiger partial charge in [0.25, 0.3) is 10.0 Å². The van der Waals surface area contributed by atoms with E-state index in [0.717, 1.165) is 7.11 Å². The van der Waals surface area contributed by atoms with E-state index in [4.69, 9.17) is 4.74 Å². The number of nitrogens with zero attached hydrogens (tertiary/aromatic N) is 2. The molecule has 2 N–H and O–H groups in total. The van der Waals surface area contributed by atoms with Crippen molar-refractivity contribution >= 4 is 39.7 Å². The van der Waals surface area contributed by atoms with Gasteiger partial charge in [-0.05, 0) is 18.4 Å². The molecule has 1 heterocycles. The van der Waals surface area contributed by atoms with Gasteiger partial charge in [-0.2, -0.15) is 4.98 Å². The summed E-state index contributed by atoms with van der Waals surface area (Å²) in [5, 5.41) is 2.20. The van der Waals surface area contributed by atoms with Gasteiger partial charge in [-0.15, -0.1) is 11.8 Å². The highest BCUT2D eigenvalue weighted by Crippen LogP contribution is 2.25. The first-order chi connectivity index (χ1) is 12.8. The van der Waals surface area contributed by atoms with Crippen LogP contribution < -0.4 is 14.8 Å². The molecule has 0 aliphatic heterocycles. The Morgan fingerprint density at radius 3 is 2.52 bits per heavy atom. The summed E-state index contributed by atoms with van der Waals surface area (Å²) in [6.07, 6.45) is 3.22. The molecule has 1 aromatic heterocycles. The number of benzene rings is 1. The van der Waals surface area contributed by atoms with Gasteiger partial charge >= 0.3 is 12.0 Å². The van der Waals surface area contributed by atoms with Gasteiger partial charge in [-0.3, -0.25) is 5.32 Å². The minimum absolute atomic E-state index is 0.154. The van der Waals surface area contributed by atoms with Crippen molar-refractivity contribution < 1.29 is 27.5 Å². The van der Waals surface area contributed by atoms with Crippen molar-refractivity contribution in [1.82, 2.24) is 14.7 Å². The van der Waals surface area contributed by atoms with Crippen LogP contribution >= 0.6 is 11.8 Å². The number of methoxy groups -OCH3 is 2. The Morgan fingerprint density at radius 2 is 1.89 bits per heavy atom. The number of rotatable bonds is 6. The summed E-state index contributed by atoms with van der Waals surface area (Å²) in [5.41, 5.74) is -0.206. The fraction of sp³-hybridized carbons (Fsp3) is 0.200. The van der Waals surface area contributed by atoms with Crippen LogP contribution in [0.1, 0.15) is 10.4 Å². The lowest BCUT2D eigenvalue weighted by molar-refractivity contribution is 0.0596. The van der Waals surface area contributed by atoms with Crippen LogP contribution in [0.15, 0.2) is 40.3 Å². The highest BCUT2D eigenvalue weighted by Gasteiger charge is 2.25. The van der Waals surface area contributed by atoms with E-state index in [-0.39, 0.29) is 17.4 Å². The average Bonchev–Trinajstić information content (AvgIpc) is 2.66. The Morgan fingerprint density at radius 1 is 1.19 bits per heavy atom. The van der Waals surface area contributed by atoms with Crippen molar-refractivity contribution in [3.63, 3.8) is 0 Å². The summed E-state index contributed by atoms with van der Waals surface area (Å²) < 4.78 is 36.3. The second-order valence-corrected chi connectivity index (χ2v) is 7.32. The Hall–Kier alpha value is -2.86. The Bertz CT molecular complexity index is 965. The van der Waals surface area contributed by atoms with Gasteiger partial charge < -0.3 is 9.47 Å². The summed E-state index contributed by atoms with van der Waals surface area (Å²) in [4.78, 5) is 31.9. The number of thioether (sulfide) groups is 1. The predicted molar refractivity (Wildman–Crippen MR) is 97.5 cm³/mol. The van der Waals surface area contributed by atoms with Crippen LogP contribution in [0.3, 0.4) is 0 Å². The number of sulfonamides is 1. The molecule has 2 aromatic rings. The van der Waals surface area contributed by atoms with Crippen LogP contribution in [0.2, 0.25) is 0 Å². The third-order valence-corrected chi connectivity index (χ3v) is 5.28. The normalized spacial score (nSPS) is 10.8. The molecule has 2 rings (SSSR count). The topological polar surface area (TPSA) is 137 Å². The van der Waals surface area contributed by atoms with E-state index >= 15 is 0 Å². The van der Waals surface area contributed by atoms with Gasteiger partial charge in [-0.25, -0.2) is 27.7 Å². The van der Waals surface area contributed by atoms with Gasteiger partial charge in [0, 0.05) is 6.20 Å². The molecular formula is C15H16N4O6S2. The molecule has 0 radical (unpaired) electrons. The van der Waals surface area contributed by atoms with Gasteiger partial charge in [0.1, 0.15) is 4.90 Å². The van der Waals surface area contributed by atoms with E-state index in [1.54, 1.807) is 11.0 Å². The van der Waals surface area contributed by atoms with Gasteiger partial charge in [0.2, 0.25) is 11.8 Å². The van der Waals surface area contributed by atoms with Crippen LogP contribution in [-0.2, 0) is 14.8 Å². The SMILES string of the molecule is COC(=O)c1ccccc1S(=O)(=O)NC(=O)Nc1ncc(SC)c(OC)n1. The first kappa shape index (κ1) is 20.5. The number of nitrogens with one attached hydrogen (secondary N) is 2. The van der Waals surface area contributed by atoms with Crippen molar-refractivity contribution in [2.24, 2.45) is 0 Å². The second kappa shape index (κ2) is 8.68. The smallest absolute Gasteiger partial charge is 0.339 e. The number of carbonyl (C=O) groups is 2. The Labute approximate surface area is 159 Å². The number of hydrogen-bond acceptors (Lipinski definition) is 9. The van der Waals surface area contributed by atoms with Crippen molar-refractivity contribution in [2.45, 2.75) is 9.79 Å². The molecule has 10 nitrogen and oxygen atoms in total. The van der Waals surface area contributed by atoms with Crippen molar-refractivity contribution in [3.05, 3.63) is 36.0 Å². The van der Waals surface area contributed by atoms with Crippen molar-refractivity contribution in [3.8, 4) is 5.88 Å². The molecule has 0 saturated carbocycles. The lowest BCUT2D eigenvalue weighted by Crippen LogP contribution is -2.35. The molecule has 27 heavy (non-hydrogen) atoms. The molecule has 0 fully saturated rings. The predicted octanol–water partition coefficient (Wildman–Crippen LogP) is 1.50. The maximum atomic E-state index is 12.4. The fourth-order valence-electron chi connectivity index (χ4n) is 1.99. The zero-order chi connectivity index (χ0) is 20.0. The number of aromatic nitrogens is 2. The maximum Gasteiger partial charge on any atom is 0.339 e. The van der Waals surface area contributed by atoms with Crippen LogP contribution in [0.5, 0.6) is 5.88 Å². The Kier molecular flexibility index (Phi) is 6.58. The zero-order valence-electron chi connectivity index (χ0n) is 14.5. The monoisotopic (exact) mass is 412 g/mol. The van der Waals surface area contributed by atoms with Crippen LogP contribution in [0.4, 0.5) is 10.7 Å². The lowest BCUT2D eigenvalue weighted by atomic mass is 10.2. The molecule has 2 amide bonds. The third-order valence-electron chi connectivity index (χ3n) is 3.17. The molecule has 144 valence electrons. The summed E-state index contributed by atoms with van der Waals surface area (Å²) in [6.45, 7) is 0. The van der Waals surface area contributed by atoms with Crippen LogP contribution in [0.25, 0.3) is 0 Å². The molecule has 1 aromatic carbocycles. The standard InChI is InChI=1S/C15H16N4O6S2/c1-24-12-10(26-3)8-16-14(17-12)18-15(21)19-27(22,23)11-7-5-4-6-9(11)13(20)25-2/h4-8H,1-3H3,(H2,16,17,18,19,21). The molecule has 0 atom stereocenters.